The van der Waals surface area contributed by atoms with E-state index >= 15 is 0 Å². The van der Waals surface area contributed by atoms with Gasteiger partial charge in [-0.3, -0.25) is 14.5 Å². The summed E-state index contributed by atoms with van der Waals surface area (Å²) in [5.74, 6) is -1.49. The van der Waals surface area contributed by atoms with Crippen molar-refractivity contribution in [2.24, 2.45) is 0 Å². The Morgan fingerprint density at radius 1 is 0.906 bits per heavy atom. The monoisotopic (exact) mass is 431 g/mol. The molecule has 1 saturated heterocycles. The molecule has 1 atom stereocenters. The molecule has 1 aliphatic heterocycles. The zero-order valence-electron chi connectivity index (χ0n) is 17.3. The van der Waals surface area contributed by atoms with Crippen LogP contribution in [0.3, 0.4) is 0 Å². The number of nitrogens with zero attached hydrogens (tertiary/aromatic N) is 1. The predicted octanol–water partition coefficient (Wildman–Crippen LogP) is 3.13. The minimum Gasteiger partial charge on any atom is -0.350 e. The van der Waals surface area contributed by atoms with E-state index in [9.17, 15) is 18.8 Å². The number of halogens is 1. The van der Waals surface area contributed by atoms with Crippen molar-refractivity contribution in [2.45, 2.75) is 18.5 Å². The smallest absolute Gasteiger partial charge is 0.325 e. The molecule has 32 heavy (non-hydrogen) atoms. The third kappa shape index (κ3) is 4.23. The van der Waals surface area contributed by atoms with Crippen LogP contribution < -0.4 is 10.6 Å². The van der Waals surface area contributed by atoms with E-state index in [1.807, 2.05) is 36.4 Å². The van der Waals surface area contributed by atoms with Crippen molar-refractivity contribution in [3.63, 3.8) is 0 Å². The minimum atomic E-state index is -1.31. The normalized spacial score (nSPS) is 17.8. The largest absolute Gasteiger partial charge is 0.350 e. The Kier molecular flexibility index (Phi) is 5.98. The Hall–Kier alpha value is -4.00. The Bertz CT molecular complexity index is 1140. The van der Waals surface area contributed by atoms with E-state index in [-0.39, 0.29) is 13.0 Å². The molecule has 2 N–H and O–H groups in total. The van der Waals surface area contributed by atoms with Crippen LogP contribution in [-0.2, 0) is 28.1 Å². The van der Waals surface area contributed by atoms with Gasteiger partial charge >= 0.3 is 6.03 Å². The summed E-state index contributed by atoms with van der Waals surface area (Å²) in [7, 11) is 0. The van der Waals surface area contributed by atoms with E-state index in [2.05, 4.69) is 10.6 Å². The average molecular weight is 431 g/mol. The van der Waals surface area contributed by atoms with E-state index in [4.69, 9.17) is 0 Å². The number of amides is 4. The van der Waals surface area contributed by atoms with Crippen molar-refractivity contribution < 1.29 is 18.8 Å². The van der Waals surface area contributed by atoms with Gasteiger partial charge in [0.25, 0.3) is 5.91 Å². The number of carbonyl (C=O) groups excluding carboxylic acids is 3. The Morgan fingerprint density at radius 2 is 1.53 bits per heavy atom. The molecule has 0 spiro atoms. The van der Waals surface area contributed by atoms with E-state index < -0.39 is 35.7 Å². The van der Waals surface area contributed by atoms with Crippen LogP contribution in [0.1, 0.15) is 16.7 Å². The van der Waals surface area contributed by atoms with Crippen LogP contribution in [-0.4, -0.2) is 29.3 Å². The number of urea groups is 1. The summed E-state index contributed by atoms with van der Waals surface area (Å²) in [6.45, 7) is -0.495. The van der Waals surface area contributed by atoms with Crippen molar-refractivity contribution in [1.29, 1.82) is 0 Å². The fraction of sp³-hybridized carbons (Fsp3) is 0.160. The van der Waals surface area contributed by atoms with Gasteiger partial charge in [0.05, 0.1) is 0 Å². The molecular formula is C25H22FN3O3. The Labute approximate surface area is 185 Å². The molecule has 1 fully saturated rings. The molecule has 1 unspecified atom stereocenters. The lowest BCUT2D eigenvalue weighted by Crippen LogP contribution is -2.46. The second kappa shape index (κ2) is 9.01. The second-order valence-electron chi connectivity index (χ2n) is 7.62. The predicted molar refractivity (Wildman–Crippen MR) is 117 cm³/mol. The average Bonchev–Trinajstić information content (AvgIpc) is 3.05. The summed E-state index contributed by atoms with van der Waals surface area (Å²) in [4.78, 5) is 39.7. The van der Waals surface area contributed by atoms with Gasteiger partial charge in [0.15, 0.2) is 5.54 Å². The highest BCUT2D eigenvalue weighted by Gasteiger charge is 2.52. The van der Waals surface area contributed by atoms with Crippen molar-refractivity contribution in [2.75, 3.05) is 6.54 Å². The molecule has 0 radical (unpaired) electrons. The number of hydrogen-bond acceptors (Lipinski definition) is 3. The SMILES string of the molecule is O=C(CN1C(=O)NC(Cc2ccccc2)(c2ccccc2)C1=O)NCc1ccccc1F. The molecule has 0 bridgehead atoms. The lowest BCUT2D eigenvalue weighted by molar-refractivity contribution is -0.135. The number of nitrogens with one attached hydrogen (secondary N) is 2. The van der Waals surface area contributed by atoms with E-state index in [0.717, 1.165) is 10.5 Å². The molecule has 0 aliphatic carbocycles. The molecule has 0 aromatic heterocycles. The van der Waals surface area contributed by atoms with Crippen LogP contribution in [0.2, 0.25) is 0 Å². The van der Waals surface area contributed by atoms with Crippen molar-refractivity contribution >= 4 is 17.8 Å². The highest BCUT2D eigenvalue weighted by atomic mass is 19.1. The quantitative estimate of drug-likeness (QED) is 0.564. The molecule has 4 amide bonds. The van der Waals surface area contributed by atoms with Gasteiger partial charge in [-0.25, -0.2) is 9.18 Å². The third-order valence-electron chi connectivity index (χ3n) is 5.49. The van der Waals surface area contributed by atoms with Crippen molar-refractivity contribution in [3.05, 3.63) is 107 Å². The number of benzene rings is 3. The summed E-state index contributed by atoms with van der Waals surface area (Å²) in [6, 6.07) is 23.8. The van der Waals surface area contributed by atoms with Gasteiger partial charge in [0.2, 0.25) is 5.91 Å². The van der Waals surface area contributed by atoms with Crippen LogP contribution in [0.15, 0.2) is 84.9 Å². The molecule has 6 nitrogen and oxygen atoms in total. The standard InChI is InChI=1S/C25H22FN3O3/c26-21-14-8-7-11-19(21)16-27-22(30)17-29-23(31)25(28-24(29)32,20-12-5-2-6-13-20)15-18-9-3-1-4-10-18/h1-14H,15-17H2,(H,27,30)(H,28,32). The van der Waals surface area contributed by atoms with Crippen LogP contribution in [0.4, 0.5) is 9.18 Å². The fourth-order valence-corrected chi connectivity index (χ4v) is 3.85. The minimum absolute atomic E-state index is 0.0387. The molecular weight excluding hydrogens is 409 g/mol. The first-order valence-corrected chi connectivity index (χ1v) is 10.2. The first-order chi connectivity index (χ1) is 15.5. The summed E-state index contributed by atoms with van der Waals surface area (Å²) in [5.41, 5.74) is 0.513. The van der Waals surface area contributed by atoms with E-state index in [1.54, 1.807) is 42.5 Å². The highest BCUT2D eigenvalue weighted by molar-refractivity contribution is 6.09. The zero-order chi connectivity index (χ0) is 22.6. The molecule has 3 aromatic carbocycles. The van der Waals surface area contributed by atoms with E-state index in [0.29, 0.717) is 11.1 Å². The molecule has 3 aromatic rings. The topological polar surface area (TPSA) is 78.5 Å². The number of imide groups is 1. The molecule has 1 aliphatic rings. The Balaban J connectivity index is 1.54. The highest BCUT2D eigenvalue weighted by Crippen LogP contribution is 2.32. The molecule has 7 heteroatoms. The van der Waals surface area contributed by atoms with Crippen LogP contribution in [0, 0.1) is 5.82 Å². The summed E-state index contributed by atoms with van der Waals surface area (Å²) < 4.78 is 13.8. The van der Waals surface area contributed by atoms with Gasteiger partial charge in [-0.05, 0) is 17.2 Å². The molecule has 162 valence electrons. The van der Waals surface area contributed by atoms with Gasteiger partial charge < -0.3 is 10.6 Å². The van der Waals surface area contributed by atoms with E-state index in [1.165, 1.54) is 6.07 Å². The van der Waals surface area contributed by atoms with Crippen LogP contribution in [0.5, 0.6) is 0 Å². The Morgan fingerprint density at radius 3 is 2.22 bits per heavy atom. The lowest BCUT2D eigenvalue weighted by Gasteiger charge is -2.27. The summed E-state index contributed by atoms with van der Waals surface area (Å²) in [6.07, 6.45) is 0.246. The van der Waals surface area contributed by atoms with Gasteiger partial charge in [0, 0.05) is 18.5 Å². The maximum absolute atomic E-state index is 13.8. The van der Waals surface area contributed by atoms with Gasteiger partial charge in [-0.15, -0.1) is 0 Å². The second-order valence-corrected chi connectivity index (χ2v) is 7.62. The number of hydrogen-bond donors (Lipinski definition) is 2. The maximum atomic E-state index is 13.8. The van der Waals surface area contributed by atoms with Gasteiger partial charge in [0.1, 0.15) is 12.4 Å². The van der Waals surface area contributed by atoms with Gasteiger partial charge in [-0.1, -0.05) is 78.9 Å². The first kappa shape index (κ1) is 21.2. The van der Waals surface area contributed by atoms with Crippen LogP contribution in [0.25, 0.3) is 0 Å². The maximum Gasteiger partial charge on any atom is 0.325 e. The molecule has 1 heterocycles. The third-order valence-corrected chi connectivity index (χ3v) is 5.49. The number of rotatable bonds is 7. The first-order valence-electron chi connectivity index (χ1n) is 10.2. The molecule has 0 saturated carbocycles. The number of carbonyl (C=O) groups is 3. The van der Waals surface area contributed by atoms with Crippen LogP contribution >= 0.6 is 0 Å². The zero-order valence-corrected chi connectivity index (χ0v) is 17.3. The van der Waals surface area contributed by atoms with Crippen molar-refractivity contribution in [3.8, 4) is 0 Å². The fourth-order valence-electron chi connectivity index (χ4n) is 3.85. The van der Waals surface area contributed by atoms with Crippen molar-refractivity contribution in [1.82, 2.24) is 15.5 Å². The van der Waals surface area contributed by atoms with Gasteiger partial charge in [-0.2, -0.15) is 0 Å². The summed E-state index contributed by atoms with van der Waals surface area (Å²) in [5, 5.41) is 5.39. The molecule has 4 rings (SSSR count). The lowest BCUT2D eigenvalue weighted by atomic mass is 9.83. The summed E-state index contributed by atoms with van der Waals surface area (Å²) >= 11 is 0.